The number of rotatable bonds is 6. The van der Waals surface area contributed by atoms with Crippen LogP contribution in [0.3, 0.4) is 0 Å². The van der Waals surface area contributed by atoms with Gasteiger partial charge in [-0.2, -0.15) is 0 Å². The van der Waals surface area contributed by atoms with Crippen molar-refractivity contribution in [2.75, 3.05) is 6.61 Å². The Morgan fingerprint density at radius 2 is 2.05 bits per heavy atom. The van der Waals surface area contributed by atoms with E-state index in [1.807, 2.05) is 30.3 Å². The molecule has 0 aromatic heterocycles. The second-order valence-corrected chi connectivity index (χ2v) is 7.09. The van der Waals surface area contributed by atoms with Crippen LogP contribution in [-0.2, 0) is 4.74 Å². The van der Waals surface area contributed by atoms with E-state index in [1.54, 1.807) is 6.20 Å². The van der Waals surface area contributed by atoms with E-state index in [4.69, 9.17) is 44.3 Å². The molecule has 0 saturated heterocycles. The summed E-state index contributed by atoms with van der Waals surface area (Å²) in [7, 11) is 0. The molecule has 0 spiro atoms. The molecule has 0 radical (unpaired) electrons. The molecule has 0 bridgehead atoms. The summed E-state index contributed by atoms with van der Waals surface area (Å²) in [5, 5.41) is 5.44. The van der Waals surface area contributed by atoms with Crippen molar-refractivity contribution >= 4 is 47.3 Å². The zero-order valence-corrected chi connectivity index (χ0v) is 14.4. The van der Waals surface area contributed by atoms with E-state index in [2.05, 4.69) is 12.0 Å². The zero-order chi connectivity index (χ0) is 16.0. The highest BCUT2D eigenvalue weighted by molar-refractivity contribution is 6.68. The number of benzene rings is 1. The van der Waals surface area contributed by atoms with Crippen LogP contribution in [0.2, 0.25) is 0 Å². The minimum absolute atomic E-state index is 0.733. The second-order valence-electron chi connectivity index (χ2n) is 4.72. The molecule has 1 heterocycles. The van der Waals surface area contributed by atoms with Crippen molar-refractivity contribution in [3.63, 3.8) is 0 Å². The molecule has 120 valence electrons. The first kappa shape index (κ1) is 17.3. The Labute approximate surface area is 145 Å². The minimum atomic E-state index is -1.59. The van der Waals surface area contributed by atoms with Gasteiger partial charge in [0.25, 0.3) is 0 Å². The van der Waals surface area contributed by atoms with E-state index in [1.165, 1.54) is 11.4 Å². The van der Waals surface area contributed by atoms with Crippen molar-refractivity contribution in [3.05, 3.63) is 36.0 Å². The Bertz CT molecular complexity index is 527. The van der Waals surface area contributed by atoms with Gasteiger partial charge in [-0.25, -0.2) is 5.01 Å². The molecular weight excluding hydrogens is 347 g/mol. The predicted molar refractivity (Wildman–Crippen MR) is 91.4 cm³/mol. The quantitative estimate of drug-likeness (QED) is 0.537. The van der Waals surface area contributed by atoms with Crippen LogP contribution in [0.1, 0.15) is 25.3 Å². The number of unbranched alkanes of at least 4 members (excludes halogenated alkanes) is 1. The van der Waals surface area contributed by atoms with E-state index in [0.29, 0.717) is 0 Å². The Morgan fingerprint density at radius 3 is 2.68 bits per heavy atom. The van der Waals surface area contributed by atoms with Gasteiger partial charge in [-0.15, -0.1) is 5.10 Å². The normalized spacial score (nSPS) is 18.0. The number of hydrogen-bond donors (Lipinski definition) is 0. The molecule has 1 aliphatic rings. The molecule has 0 amide bonds. The summed E-state index contributed by atoms with van der Waals surface area (Å²) < 4.78 is 9.18. The highest BCUT2D eigenvalue weighted by Crippen LogP contribution is 2.36. The van der Waals surface area contributed by atoms with E-state index in [-0.39, 0.29) is 0 Å². The number of nitrogens with zero attached hydrogens (tertiary/aromatic N) is 2. The summed E-state index contributed by atoms with van der Waals surface area (Å²) in [6, 6.07) is 7.74. The Morgan fingerprint density at radius 1 is 1.32 bits per heavy atom. The summed E-state index contributed by atoms with van der Waals surface area (Å²) in [5.41, 5.74) is 0.980. The first-order valence-corrected chi connectivity index (χ1v) is 8.08. The maximum Gasteiger partial charge on any atom is 0.247 e. The van der Waals surface area contributed by atoms with Gasteiger partial charge in [0.05, 0.1) is 6.61 Å². The smallest absolute Gasteiger partial charge is 0.247 e. The van der Waals surface area contributed by atoms with Crippen molar-refractivity contribution in [3.8, 4) is 5.75 Å². The van der Waals surface area contributed by atoms with E-state index >= 15 is 0 Å². The highest BCUT2D eigenvalue weighted by Gasteiger charge is 2.40. The van der Waals surface area contributed by atoms with E-state index in [9.17, 15) is 0 Å². The Hall–Kier alpha value is -1.10. The third kappa shape index (κ3) is 4.97. The van der Waals surface area contributed by atoms with Crippen molar-refractivity contribution in [1.82, 2.24) is 5.01 Å². The topological polar surface area (TPSA) is 34.1 Å². The third-order valence-corrected chi connectivity index (χ3v) is 3.52. The summed E-state index contributed by atoms with van der Waals surface area (Å²) >= 11 is 17.5. The molecule has 0 N–H and O–H groups in total. The zero-order valence-electron chi connectivity index (χ0n) is 12.1. The predicted octanol–water partition coefficient (Wildman–Crippen LogP) is 4.81. The summed E-state index contributed by atoms with van der Waals surface area (Å²) in [6.45, 7) is 2.86. The molecular formula is C15H17Cl3N2O2. The average Bonchev–Trinajstić information content (AvgIpc) is 2.95. The molecule has 1 aromatic carbocycles. The van der Waals surface area contributed by atoms with Crippen LogP contribution in [0.5, 0.6) is 5.75 Å². The standard InChI is InChI=1S/C15H17Cl3N2O2/c1-2-3-10-21-13-6-4-12(5-7-13)8-9-20-14(15(16,17)18)22-11-19-20/h4-9,11,14H,2-3,10H2,1H3. The van der Waals surface area contributed by atoms with Crippen molar-refractivity contribution in [1.29, 1.82) is 0 Å². The fourth-order valence-electron chi connectivity index (χ4n) is 1.78. The van der Waals surface area contributed by atoms with Gasteiger partial charge in [-0.3, -0.25) is 0 Å². The van der Waals surface area contributed by atoms with Gasteiger partial charge in [0.1, 0.15) is 5.75 Å². The number of halogens is 3. The molecule has 1 atom stereocenters. The van der Waals surface area contributed by atoms with Gasteiger partial charge >= 0.3 is 0 Å². The fraction of sp³-hybridized carbons (Fsp3) is 0.400. The minimum Gasteiger partial charge on any atom is -0.494 e. The molecule has 0 saturated carbocycles. The maximum atomic E-state index is 5.83. The van der Waals surface area contributed by atoms with Crippen LogP contribution in [-0.4, -0.2) is 28.0 Å². The van der Waals surface area contributed by atoms with Crippen LogP contribution < -0.4 is 4.74 Å². The van der Waals surface area contributed by atoms with Crippen LogP contribution in [0, 0.1) is 0 Å². The van der Waals surface area contributed by atoms with Crippen molar-refractivity contribution in [2.45, 2.75) is 29.8 Å². The number of hydrogen-bond acceptors (Lipinski definition) is 4. The first-order chi connectivity index (χ1) is 10.5. The lowest BCUT2D eigenvalue weighted by Crippen LogP contribution is -2.36. The SMILES string of the molecule is CCCCOc1ccc(C=CN2N=COC2C(Cl)(Cl)Cl)cc1. The van der Waals surface area contributed by atoms with Crippen LogP contribution in [0.4, 0.5) is 0 Å². The Kier molecular flexibility index (Phi) is 6.24. The maximum absolute atomic E-state index is 5.83. The van der Waals surface area contributed by atoms with Gasteiger partial charge in [0, 0.05) is 6.20 Å². The molecule has 7 heteroatoms. The summed E-state index contributed by atoms with van der Waals surface area (Å²) in [6.07, 6.45) is 6.19. The fourth-order valence-corrected chi connectivity index (χ4v) is 2.23. The van der Waals surface area contributed by atoms with Gasteiger partial charge in [0.15, 0.2) is 6.40 Å². The van der Waals surface area contributed by atoms with Crippen molar-refractivity contribution in [2.24, 2.45) is 5.10 Å². The molecule has 0 aliphatic carbocycles. The van der Waals surface area contributed by atoms with Gasteiger partial charge < -0.3 is 9.47 Å². The van der Waals surface area contributed by atoms with E-state index < -0.39 is 10.0 Å². The van der Waals surface area contributed by atoms with Crippen molar-refractivity contribution < 1.29 is 9.47 Å². The van der Waals surface area contributed by atoms with Gasteiger partial charge in [0.2, 0.25) is 10.0 Å². The highest BCUT2D eigenvalue weighted by atomic mass is 35.6. The molecule has 2 rings (SSSR count). The summed E-state index contributed by atoms with van der Waals surface area (Å²) in [4.78, 5) is 0. The van der Waals surface area contributed by atoms with Crippen LogP contribution >= 0.6 is 34.8 Å². The summed E-state index contributed by atoms with van der Waals surface area (Å²) in [5.74, 6) is 0.854. The lowest BCUT2D eigenvalue weighted by molar-refractivity contribution is 0.102. The lowest BCUT2D eigenvalue weighted by atomic mass is 10.2. The molecule has 1 aromatic rings. The molecule has 22 heavy (non-hydrogen) atoms. The molecule has 0 fully saturated rings. The number of hydrazone groups is 1. The molecule has 1 unspecified atom stereocenters. The number of alkyl halides is 3. The van der Waals surface area contributed by atoms with Gasteiger partial charge in [-0.05, 0) is 30.2 Å². The second kappa shape index (κ2) is 7.95. The molecule has 1 aliphatic heterocycles. The lowest BCUT2D eigenvalue weighted by Gasteiger charge is -2.24. The first-order valence-electron chi connectivity index (χ1n) is 6.94. The monoisotopic (exact) mass is 362 g/mol. The molecule has 4 nitrogen and oxygen atoms in total. The van der Waals surface area contributed by atoms with Gasteiger partial charge in [-0.1, -0.05) is 60.3 Å². The van der Waals surface area contributed by atoms with Crippen LogP contribution in [0.15, 0.2) is 35.6 Å². The Balaban J connectivity index is 1.94. The van der Waals surface area contributed by atoms with E-state index in [0.717, 1.165) is 30.8 Å². The average molecular weight is 364 g/mol. The third-order valence-electron chi connectivity index (χ3n) is 2.96. The largest absolute Gasteiger partial charge is 0.494 e. The van der Waals surface area contributed by atoms with Crippen LogP contribution in [0.25, 0.3) is 6.08 Å². The number of ether oxygens (including phenoxy) is 2.